The van der Waals surface area contributed by atoms with Crippen LogP contribution in [0.2, 0.25) is 0 Å². The molecule has 4 N–H and O–H groups in total. The Morgan fingerprint density at radius 2 is 2.10 bits per heavy atom. The van der Waals surface area contributed by atoms with Crippen molar-refractivity contribution in [3.8, 4) is 0 Å². The third-order valence-electron chi connectivity index (χ3n) is 3.18. The molecule has 1 aliphatic heterocycles. The number of ketones is 1. The Balaban J connectivity index is 2.39. The molecule has 1 heterocycles. The molecule has 0 bridgehead atoms. The van der Waals surface area contributed by atoms with Crippen LogP contribution >= 0.6 is 0 Å². The highest BCUT2D eigenvalue weighted by Crippen LogP contribution is 2.16. The van der Waals surface area contributed by atoms with E-state index in [-0.39, 0.29) is 24.7 Å². The minimum absolute atomic E-state index is 0.101. The van der Waals surface area contributed by atoms with Crippen LogP contribution in [0.3, 0.4) is 0 Å². The summed E-state index contributed by atoms with van der Waals surface area (Å²) in [5.41, 5.74) is 5.22. The Morgan fingerprint density at radius 3 is 2.71 bits per heavy atom. The standard InChI is InChI=1S/C14H25N3O4/c1-14(2,3)21-13(20)17-8-6-10(18)9-5-4-7-16-12(19)11(9)15/h9,11H,4-8,15H2,1-3H3,(H,16,19)(H,17,20). The van der Waals surface area contributed by atoms with Gasteiger partial charge in [-0.3, -0.25) is 9.59 Å². The molecule has 0 saturated carbocycles. The lowest BCUT2D eigenvalue weighted by atomic mass is 9.90. The van der Waals surface area contributed by atoms with Gasteiger partial charge in [-0.05, 0) is 33.6 Å². The molecule has 0 aromatic rings. The smallest absolute Gasteiger partial charge is 0.407 e. The number of rotatable bonds is 4. The van der Waals surface area contributed by atoms with Crippen LogP contribution in [-0.4, -0.2) is 42.5 Å². The zero-order valence-corrected chi connectivity index (χ0v) is 12.9. The first-order chi connectivity index (χ1) is 9.70. The quantitative estimate of drug-likeness (QED) is 0.692. The molecule has 1 fully saturated rings. The van der Waals surface area contributed by atoms with Gasteiger partial charge in [0.05, 0.1) is 6.04 Å². The van der Waals surface area contributed by atoms with Gasteiger partial charge < -0.3 is 21.1 Å². The molecule has 1 aliphatic rings. The fraction of sp³-hybridized carbons (Fsp3) is 0.786. The zero-order chi connectivity index (χ0) is 16.0. The van der Waals surface area contributed by atoms with Crippen molar-refractivity contribution in [3.63, 3.8) is 0 Å². The molecule has 21 heavy (non-hydrogen) atoms. The van der Waals surface area contributed by atoms with Gasteiger partial charge in [0, 0.05) is 25.4 Å². The van der Waals surface area contributed by atoms with Gasteiger partial charge in [-0.15, -0.1) is 0 Å². The molecule has 7 heteroatoms. The predicted molar refractivity (Wildman–Crippen MR) is 77.6 cm³/mol. The second-order valence-electron chi connectivity index (χ2n) is 6.21. The van der Waals surface area contributed by atoms with Gasteiger partial charge in [0.25, 0.3) is 0 Å². The minimum Gasteiger partial charge on any atom is -0.444 e. The normalized spacial score (nSPS) is 23.0. The number of alkyl carbamates (subject to hydrolysis) is 1. The molecule has 2 atom stereocenters. The maximum absolute atomic E-state index is 12.1. The van der Waals surface area contributed by atoms with E-state index >= 15 is 0 Å². The third kappa shape index (κ3) is 6.12. The van der Waals surface area contributed by atoms with Crippen LogP contribution in [0.25, 0.3) is 0 Å². The van der Waals surface area contributed by atoms with E-state index in [9.17, 15) is 14.4 Å². The van der Waals surface area contributed by atoms with Crippen LogP contribution in [0.1, 0.15) is 40.0 Å². The van der Waals surface area contributed by atoms with E-state index in [0.29, 0.717) is 13.0 Å². The number of nitrogens with two attached hydrogens (primary N) is 1. The molecular weight excluding hydrogens is 274 g/mol. The van der Waals surface area contributed by atoms with Crippen LogP contribution < -0.4 is 16.4 Å². The molecule has 1 rings (SSSR count). The summed E-state index contributed by atoms with van der Waals surface area (Å²) in [6, 6.07) is -0.804. The van der Waals surface area contributed by atoms with Crippen LogP contribution in [-0.2, 0) is 14.3 Å². The number of hydrogen-bond donors (Lipinski definition) is 3. The van der Waals surface area contributed by atoms with Crippen molar-refractivity contribution in [3.05, 3.63) is 0 Å². The molecule has 120 valence electrons. The van der Waals surface area contributed by atoms with Crippen molar-refractivity contribution in [1.82, 2.24) is 10.6 Å². The molecule has 0 aliphatic carbocycles. The van der Waals surface area contributed by atoms with E-state index in [1.807, 2.05) is 0 Å². The molecule has 2 unspecified atom stereocenters. The lowest BCUT2D eigenvalue weighted by molar-refractivity contribution is -0.129. The average molecular weight is 299 g/mol. The maximum atomic E-state index is 12.1. The predicted octanol–water partition coefficient (Wildman–Crippen LogP) is 0.324. The van der Waals surface area contributed by atoms with E-state index < -0.39 is 23.7 Å². The Hall–Kier alpha value is -1.63. The minimum atomic E-state index is -0.804. The number of nitrogens with one attached hydrogen (secondary N) is 2. The second-order valence-corrected chi connectivity index (χ2v) is 6.21. The fourth-order valence-corrected chi connectivity index (χ4v) is 2.16. The lowest BCUT2D eigenvalue weighted by Crippen LogP contribution is -2.46. The Bertz CT molecular complexity index is 404. The van der Waals surface area contributed by atoms with E-state index in [4.69, 9.17) is 10.5 Å². The summed E-state index contributed by atoms with van der Waals surface area (Å²) in [7, 11) is 0. The number of ether oxygens (including phenoxy) is 1. The Kier molecular flexibility index (Phi) is 6.14. The third-order valence-corrected chi connectivity index (χ3v) is 3.18. The number of hydrogen-bond acceptors (Lipinski definition) is 5. The van der Waals surface area contributed by atoms with Crippen molar-refractivity contribution >= 4 is 17.8 Å². The molecular formula is C14H25N3O4. The molecule has 0 aromatic heterocycles. The van der Waals surface area contributed by atoms with Gasteiger partial charge in [-0.2, -0.15) is 0 Å². The highest BCUT2D eigenvalue weighted by atomic mass is 16.6. The summed E-state index contributed by atoms with van der Waals surface area (Å²) in [4.78, 5) is 35.2. The van der Waals surface area contributed by atoms with Crippen molar-refractivity contribution in [2.24, 2.45) is 11.7 Å². The van der Waals surface area contributed by atoms with Crippen molar-refractivity contribution in [2.45, 2.75) is 51.7 Å². The van der Waals surface area contributed by atoms with Gasteiger partial charge in [0.15, 0.2) is 0 Å². The largest absolute Gasteiger partial charge is 0.444 e. The van der Waals surface area contributed by atoms with Crippen molar-refractivity contribution in [1.29, 1.82) is 0 Å². The van der Waals surface area contributed by atoms with Crippen molar-refractivity contribution in [2.75, 3.05) is 13.1 Å². The summed E-state index contributed by atoms with van der Waals surface area (Å²) >= 11 is 0. The van der Waals surface area contributed by atoms with Gasteiger partial charge in [-0.25, -0.2) is 4.79 Å². The number of carbonyl (C=O) groups excluding carboxylic acids is 3. The summed E-state index contributed by atoms with van der Waals surface area (Å²) in [6.45, 7) is 6.02. The highest BCUT2D eigenvalue weighted by Gasteiger charge is 2.31. The number of Topliss-reactive ketones (excluding diaryl/α,β-unsaturated/α-hetero) is 1. The van der Waals surface area contributed by atoms with Crippen LogP contribution in [0, 0.1) is 5.92 Å². The zero-order valence-electron chi connectivity index (χ0n) is 12.9. The highest BCUT2D eigenvalue weighted by molar-refractivity contribution is 5.91. The monoisotopic (exact) mass is 299 g/mol. The SMILES string of the molecule is CC(C)(C)OC(=O)NCCC(=O)C1CCCNC(=O)C1N. The van der Waals surface area contributed by atoms with Crippen LogP contribution in [0.5, 0.6) is 0 Å². The van der Waals surface area contributed by atoms with Gasteiger partial charge in [0.1, 0.15) is 11.4 Å². The number of amides is 2. The van der Waals surface area contributed by atoms with Crippen LogP contribution in [0.15, 0.2) is 0 Å². The van der Waals surface area contributed by atoms with Crippen LogP contribution in [0.4, 0.5) is 4.79 Å². The van der Waals surface area contributed by atoms with Gasteiger partial charge >= 0.3 is 6.09 Å². The summed E-state index contributed by atoms with van der Waals surface area (Å²) in [6.07, 6.45) is 0.906. The maximum Gasteiger partial charge on any atom is 0.407 e. The first-order valence-corrected chi connectivity index (χ1v) is 7.23. The van der Waals surface area contributed by atoms with E-state index in [1.54, 1.807) is 20.8 Å². The van der Waals surface area contributed by atoms with Gasteiger partial charge in [0.2, 0.25) is 5.91 Å². The van der Waals surface area contributed by atoms with Crippen molar-refractivity contribution < 1.29 is 19.1 Å². The van der Waals surface area contributed by atoms with E-state index in [1.165, 1.54) is 0 Å². The first kappa shape index (κ1) is 17.4. The summed E-state index contributed by atoms with van der Waals surface area (Å²) < 4.78 is 5.07. The molecule has 1 saturated heterocycles. The molecule has 7 nitrogen and oxygen atoms in total. The Labute approximate surface area is 125 Å². The Morgan fingerprint density at radius 1 is 1.43 bits per heavy atom. The average Bonchev–Trinajstić information content (AvgIpc) is 2.50. The lowest BCUT2D eigenvalue weighted by Gasteiger charge is -2.20. The summed E-state index contributed by atoms with van der Waals surface area (Å²) in [5, 5.41) is 5.20. The first-order valence-electron chi connectivity index (χ1n) is 7.23. The summed E-state index contributed by atoms with van der Waals surface area (Å²) in [5.74, 6) is -0.866. The van der Waals surface area contributed by atoms with E-state index in [2.05, 4.69) is 10.6 Å². The second kappa shape index (κ2) is 7.40. The molecule has 0 aromatic carbocycles. The number of carbonyl (C=O) groups is 3. The molecule has 0 spiro atoms. The van der Waals surface area contributed by atoms with E-state index in [0.717, 1.165) is 6.42 Å². The van der Waals surface area contributed by atoms with Gasteiger partial charge in [-0.1, -0.05) is 0 Å². The molecule has 2 amide bonds. The topological polar surface area (TPSA) is 111 Å². The molecule has 0 radical (unpaired) electrons. The fourth-order valence-electron chi connectivity index (χ4n) is 2.16.